The van der Waals surface area contributed by atoms with Crippen LogP contribution >= 0.6 is 23.5 Å². The van der Waals surface area contributed by atoms with Gasteiger partial charge in [-0.05, 0) is 78.9 Å². The summed E-state index contributed by atoms with van der Waals surface area (Å²) < 4.78 is 0. The highest BCUT2D eigenvalue weighted by molar-refractivity contribution is 7.98. The highest BCUT2D eigenvalue weighted by Gasteiger charge is 2.34. The van der Waals surface area contributed by atoms with Crippen molar-refractivity contribution < 1.29 is 48.6 Å². The van der Waals surface area contributed by atoms with Crippen LogP contribution in [0.25, 0.3) is 0 Å². The van der Waals surface area contributed by atoms with Gasteiger partial charge in [-0.3, -0.25) is 38.4 Å². The highest BCUT2D eigenvalue weighted by atomic mass is 32.2. The average molecular weight is 955 g/mol. The Kier molecular flexibility index (Phi) is 23.0. The summed E-state index contributed by atoms with van der Waals surface area (Å²) in [5.74, 6) is -6.11. The van der Waals surface area contributed by atoms with E-state index in [2.05, 4.69) is 41.9 Å². The van der Waals surface area contributed by atoms with Crippen LogP contribution in [-0.4, -0.2) is 134 Å². The van der Waals surface area contributed by atoms with Crippen molar-refractivity contribution in [1.29, 1.82) is 0 Å². The van der Waals surface area contributed by atoms with Gasteiger partial charge in [0.05, 0.1) is 18.8 Å². The number of carboxylic acids is 1. The molecule has 7 atom stereocenters. The van der Waals surface area contributed by atoms with Crippen LogP contribution in [0.4, 0.5) is 0 Å². The van der Waals surface area contributed by atoms with Crippen molar-refractivity contribution in [2.24, 2.45) is 17.4 Å². The number of hydrogen-bond donors (Lipinski definition) is 11. The van der Waals surface area contributed by atoms with Gasteiger partial charge in [-0.15, -0.1) is 0 Å². The van der Waals surface area contributed by atoms with Crippen molar-refractivity contribution in [3.05, 3.63) is 83.9 Å². The molecule has 7 amide bonds. The minimum Gasteiger partial charge on any atom is -0.508 e. The Labute approximate surface area is 392 Å². The summed E-state index contributed by atoms with van der Waals surface area (Å²) in [6, 6.07) is 6.28. The molecule has 0 unspecified atom stereocenters. The van der Waals surface area contributed by atoms with Crippen molar-refractivity contribution in [2.75, 3.05) is 24.0 Å². The number of nitrogens with two attached hydrogens (primary N) is 2. The van der Waals surface area contributed by atoms with Gasteiger partial charge in [-0.25, -0.2) is 4.98 Å². The van der Waals surface area contributed by atoms with Gasteiger partial charge in [0.25, 0.3) is 0 Å². The number of amides is 7. The number of carbonyl (C=O) groups excluding carboxylic acids is 7. The van der Waals surface area contributed by atoms with Gasteiger partial charge in [0.1, 0.15) is 42.0 Å². The monoisotopic (exact) mass is 954 g/mol. The van der Waals surface area contributed by atoms with Gasteiger partial charge in [0.15, 0.2) is 0 Å². The fourth-order valence-electron chi connectivity index (χ4n) is 6.61. The van der Waals surface area contributed by atoms with Crippen molar-refractivity contribution in [1.82, 2.24) is 41.9 Å². The molecule has 13 N–H and O–H groups in total. The molecule has 0 bridgehead atoms. The second kappa shape index (κ2) is 28.0. The molecule has 0 spiro atoms. The largest absolute Gasteiger partial charge is 0.508 e. The standard InChI is InChI=1S/C44H62N10O10S2/c1-25(2)18-34(42(62)50-32(15-17-66-4)40(60)51-33(38(46)58)22-37(56)57)52-44(64)36(21-28-23-47-24-48-28)54-43(63)35(20-26-8-6-5-7-9-26)53-41(61)31(14-16-65-3)49-39(59)30(45)19-27-10-12-29(55)13-11-27/h5-13,23-25,30-36,55H,14-22,45H2,1-4H3,(H2,46,58)(H,47,48)(H,49,59)(H,50,62)(H,51,60)(H,52,64)(H,53,61)(H,54,63)(H,56,57)/t30-,31-,32+,33+,34+,35+,36+/m1/s1. The molecule has 0 fully saturated rings. The molecule has 20 nitrogen and oxygen atoms in total. The molecule has 2 aromatic carbocycles. The zero-order valence-electron chi connectivity index (χ0n) is 37.4. The maximum atomic E-state index is 14.4. The van der Waals surface area contributed by atoms with Crippen LogP contribution in [0.2, 0.25) is 0 Å². The number of hydrogen-bond acceptors (Lipinski definition) is 13. The molecule has 22 heteroatoms. The van der Waals surface area contributed by atoms with Crippen LogP contribution in [0, 0.1) is 5.92 Å². The molecule has 3 rings (SSSR count). The lowest BCUT2D eigenvalue weighted by Crippen LogP contribution is -2.60. The van der Waals surface area contributed by atoms with Crippen LogP contribution in [-0.2, 0) is 57.6 Å². The number of aromatic nitrogens is 2. The number of nitrogens with one attached hydrogen (secondary N) is 7. The summed E-state index contributed by atoms with van der Waals surface area (Å²) in [7, 11) is 0. The Morgan fingerprint density at radius 1 is 0.636 bits per heavy atom. The molecule has 360 valence electrons. The second-order valence-electron chi connectivity index (χ2n) is 16.0. The molecule has 0 saturated carbocycles. The topological polar surface area (TPSA) is 330 Å². The number of rotatable bonds is 29. The second-order valence-corrected chi connectivity index (χ2v) is 18.0. The van der Waals surface area contributed by atoms with Crippen molar-refractivity contribution >= 4 is 70.8 Å². The number of aliphatic carboxylic acids is 1. The predicted molar refractivity (Wildman–Crippen MR) is 251 cm³/mol. The molecule has 66 heavy (non-hydrogen) atoms. The molecular weight excluding hydrogens is 893 g/mol. The summed E-state index contributed by atoms with van der Waals surface area (Å²) in [6.07, 6.45) is 6.05. The summed E-state index contributed by atoms with van der Waals surface area (Å²) in [5, 5.41) is 34.8. The van der Waals surface area contributed by atoms with Crippen LogP contribution in [0.5, 0.6) is 5.75 Å². The number of carboxylic acid groups (broad SMARTS) is 1. The first-order chi connectivity index (χ1) is 31.4. The Morgan fingerprint density at radius 2 is 1.11 bits per heavy atom. The van der Waals surface area contributed by atoms with Gasteiger partial charge in [-0.1, -0.05) is 56.3 Å². The molecule has 0 aliphatic rings. The first-order valence-corrected chi connectivity index (χ1v) is 24.0. The molecule has 0 aliphatic carbocycles. The third kappa shape index (κ3) is 19.1. The predicted octanol–water partition coefficient (Wildman–Crippen LogP) is -0.108. The van der Waals surface area contributed by atoms with Gasteiger partial charge in [0.2, 0.25) is 41.4 Å². The number of aromatic amines is 1. The number of nitrogens with zero attached hydrogens (tertiary/aromatic N) is 1. The van der Waals surface area contributed by atoms with E-state index in [1.165, 1.54) is 48.2 Å². The number of imidazole rings is 1. The van der Waals surface area contributed by atoms with Gasteiger partial charge >= 0.3 is 5.97 Å². The first-order valence-electron chi connectivity index (χ1n) is 21.3. The van der Waals surface area contributed by atoms with Crippen LogP contribution in [0.3, 0.4) is 0 Å². The molecule has 1 heterocycles. The number of phenols is 1. The van der Waals surface area contributed by atoms with E-state index in [4.69, 9.17) is 11.5 Å². The van der Waals surface area contributed by atoms with E-state index in [1.54, 1.807) is 48.7 Å². The van der Waals surface area contributed by atoms with Crippen molar-refractivity contribution in [3.8, 4) is 5.75 Å². The number of benzene rings is 2. The number of carbonyl (C=O) groups is 8. The van der Waals surface area contributed by atoms with Crippen LogP contribution in [0.1, 0.15) is 56.4 Å². The summed E-state index contributed by atoms with van der Waals surface area (Å²) in [5.41, 5.74) is 13.4. The molecule has 0 saturated heterocycles. The number of aromatic hydroxyl groups is 1. The van der Waals surface area contributed by atoms with E-state index in [9.17, 15) is 48.6 Å². The lowest BCUT2D eigenvalue weighted by molar-refractivity contribution is -0.140. The molecule has 1 aromatic heterocycles. The van der Waals surface area contributed by atoms with Crippen LogP contribution in [0.15, 0.2) is 67.1 Å². The minimum atomic E-state index is -1.54. The van der Waals surface area contributed by atoms with E-state index in [-0.39, 0.29) is 50.2 Å². The molecule has 0 radical (unpaired) electrons. The van der Waals surface area contributed by atoms with E-state index >= 15 is 0 Å². The van der Waals surface area contributed by atoms with Gasteiger partial charge < -0.3 is 58.6 Å². The molecule has 0 aliphatic heterocycles. The average Bonchev–Trinajstić information content (AvgIpc) is 3.79. The Balaban J connectivity index is 1.89. The normalized spacial score (nSPS) is 14.3. The highest BCUT2D eigenvalue weighted by Crippen LogP contribution is 2.13. The third-order valence-corrected chi connectivity index (χ3v) is 11.4. The smallest absolute Gasteiger partial charge is 0.305 e. The Hall–Kier alpha value is -6.13. The summed E-state index contributed by atoms with van der Waals surface area (Å²) in [6.45, 7) is 3.62. The summed E-state index contributed by atoms with van der Waals surface area (Å²) >= 11 is 2.82. The first kappa shape index (κ1) is 54.2. The van der Waals surface area contributed by atoms with Gasteiger partial charge in [-0.2, -0.15) is 23.5 Å². The fraction of sp³-hybridized carbons (Fsp3) is 0.477. The van der Waals surface area contributed by atoms with Crippen LogP contribution < -0.4 is 43.4 Å². The Morgan fingerprint density at radius 3 is 1.61 bits per heavy atom. The Bertz CT molecular complexity index is 2060. The SMILES string of the molecule is CSCC[C@H](NC(=O)[C@H](CC(C)C)NC(=O)[C@H](Cc1cnc[nH]1)NC(=O)[C@H](Cc1ccccc1)NC(=O)[C@@H](CCSC)NC(=O)[C@H](N)Cc1ccc(O)cc1)C(=O)N[C@@H](CC(=O)O)C(N)=O. The number of phenolic OH excluding ortho intramolecular Hbond substituents is 1. The van der Waals surface area contributed by atoms with Gasteiger partial charge in [0, 0.05) is 24.7 Å². The maximum Gasteiger partial charge on any atom is 0.305 e. The van der Waals surface area contributed by atoms with E-state index in [1.807, 2.05) is 20.1 Å². The molecule has 3 aromatic rings. The number of thioether (sulfide) groups is 2. The lowest BCUT2D eigenvalue weighted by atomic mass is 10.0. The molecular formula is C44H62N10O10S2. The minimum absolute atomic E-state index is 0.0126. The van der Waals surface area contributed by atoms with Crippen molar-refractivity contribution in [3.63, 3.8) is 0 Å². The zero-order valence-corrected chi connectivity index (χ0v) is 39.0. The number of primary amides is 1. The lowest BCUT2D eigenvalue weighted by Gasteiger charge is -2.28. The fourth-order valence-corrected chi connectivity index (χ4v) is 7.56. The van der Waals surface area contributed by atoms with Crippen molar-refractivity contribution in [2.45, 2.75) is 101 Å². The maximum absolute atomic E-state index is 14.4. The summed E-state index contributed by atoms with van der Waals surface area (Å²) in [4.78, 5) is 114. The zero-order chi connectivity index (χ0) is 48.8. The van der Waals surface area contributed by atoms with E-state index in [0.717, 1.165) is 0 Å². The third-order valence-electron chi connectivity index (χ3n) is 10.1. The van der Waals surface area contributed by atoms with E-state index < -0.39 is 96.0 Å². The van der Waals surface area contributed by atoms with E-state index in [0.29, 0.717) is 28.3 Å². The quantitative estimate of drug-likeness (QED) is 0.0433. The number of H-pyrrole nitrogens is 1.